The van der Waals surface area contributed by atoms with E-state index in [4.69, 9.17) is 13.9 Å². The molecule has 96 valence electrons. The van der Waals surface area contributed by atoms with Crippen molar-refractivity contribution in [3.05, 3.63) is 24.2 Å². The van der Waals surface area contributed by atoms with Gasteiger partial charge in [0.1, 0.15) is 0 Å². The number of ether oxygens (including phenoxy) is 2. The maximum absolute atomic E-state index is 5.81. The Balaban J connectivity index is 2.09. The molecule has 0 saturated carbocycles. The van der Waals surface area contributed by atoms with E-state index >= 15 is 0 Å². The second kappa shape index (κ2) is 5.67. The zero-order valence-electron chi connectivity index (χ0n) is 10.6. The molecular weight excluding hydrogens is 218 g/mol. The smallest absolute Gasteiger partial charge is 0.0935 e. The van der Waals surface area contributed by atoms with Crippen molar-refractivity contribution in [2.45, 2.75) is 30.9 Å². The van der Waals surface area contributed by atoms with Crippen molar-refractivity contribution in [3.8, 4) is 0 Å². The average molecular weight is 239 g/mol. The van der Waals surface area contributed by atoms with Crippen LogP contribution < -0.4 is 5.32 Å². The number of methoxy groups -OCH3 is 1. The third-order valence-corrected chi connectivity index (χ3v) is 3.75. The SMILES string of the molecule is CNC(Cc1ccoc1)C1(OC)CCOCC1. The van der Waals surface area contributed by atoms with E-state index in [0.717, 1.165) is 32.5 Å². The minimum absolute atomic E-state index is 0.121. The van der Waals surface area contributed by atoms with Crippen LogP contribution >= 0.6 is 0 Å². The maximum Gasteiger partial charge on any atom is 0.0935 e. The Morgan fingerprint density at radius 1 is 1.47 bits per heavy atom. The van der Waals surface area contributed by atoms with Crippen molar-refractivity contribution in [2.75, 3.05) is 27.4 Å². The second-order valence-electron chi connectivity index (χ2n) is 4.56. The first-order chi connectivity index (χ1) is 8.30. The van der Waals surface area contributed by atoms with Crippen LogP contribution in [0.25, 0.3) is 0 Å². The van der Waals surface area contributed by atoms with Gasteiger partial charge in [-0.05, 0) is 25.1 Å². The summed E-state index contributed by atoms with van der Waals surface area (Å²) in [7, 11) is 3.78. The standard InChI is InChI=1S/C13H21NO3/c1-14-12(9-11-3-6-17-10-11)13(15-2)4-7-16-8-5-13/h3,6,10,12,14H,4-5,7-9H2,1-2H3. The van der Waals surface area contributed by atoms with Crippen molar-refractivity contribution >= 4 is 0 Å². The molecule has 0 aromatic carbocycles. The quantitative estimate of drug-likeness (QED) is 0.847. The van der Waals surface area contributed by atoms with E-state index in [1.807, 2.05) is 13.1 Å². The highest BCUT2D eigenvalue weighted by Gasteiger charge is 2.39. The van der Waals surface area contributed by atoms with E-state index in [-0.39, 0.29) is 11.6 Å². The summed E-state index contributed by atoms with van der Waals surface area (Å²) in [5, 5.41) is 3.38. The predicted octanol–water partition coefficient (Wildman–Crippen LogP) is 1.61. The highest BCUT2D eigenvalue weighted by molar-refractivity contribution is 5.10. The van der Waals surface area contributed by atoms with E-state index in [2.05, 4.69) is 5.32 Å². The molecule has 4 nitrogen and oxygen atoms in total. The minimum atomic E-state index is -0.121. The fourth-order valence-electron chi connectivity index (χ4n) is 2.61. The Kier molecular flexibility index (Phi) is 4.20. The highest BCUT2D eigenvalue weighted by Crippen LogP contribution is 2.30. The molecule has 1 aliphatic heterocycles. The molecule has 1 unspecified atom stereocenters. The molecule has 4 heteroatoms. The summed E-state index contributed by atoms with van der Waals surface area (Å²) in [5.74, 6) is 0. The summed E-state index contributed by atoms with van der Waals surface area (Å²) in [4.78, 5) is 0. The van der Waals surface area contributed by atoms with Crippen LogP contribution in [0.15, 0.2) is 23.0 Å². The molecule has 1 atom stereocenters. The molecule has 1 aromatic rings. The van der Waals surface area contributed by atoms with E-state index in [0.29, 0.717) is 0 Å². The van der Waals surface area contributed by atoms with Crippen LogP contribution in [0, 0.1) is 0 Å². The van der Waals surface area contributed by atoms with Gasteiger partial charge in [0.15, 0.2) is 0 Å². The molecule has 1 aliphatic rings. The third-order valence-electron chi connectivity index (χ3n) is 3.75. The molecule has 0 spiro atoms. The van der Waals surface area contributed by atoms with Crippen molar-refractivity contribution in [3.63, 3.8) is 0 Å². The van der Waals surface area contributed by atoms with Crippen LogP contribution in [-0.2, 0) is 15.9 Å². The number of likely N-dealkylation sites (N-methyl/N-ethyl adjacent to an activating group) is 1. The normalized spacial score (nSPS) is 21.3. The summed E-state index contributed by atoms with van der Waals surface area (Å²) in [5.41, 5.74) is 1.08. The lowest BCUT2D eigenvalue weighted by atomic mass is 9.83. The Hall–Kier alpha value is -0.840. The Morgan fingerprint density at radius 3 is 2.76 bits per heavy atom. The van der Waals surface area contributed by atoms with Crippen molar-refractivity contribution in [1.29, 1.82) is 0 Å². The van der Waals surface area contributed by atoms with E-state index in [1.165, 1.54) is 5.56 Å². The van der Waals surface area contributed by atoms with Gasteiger partial charge in [-0.3, -0.25) is 0 Å². The fraction of sp³-hybridized carbons (Fsp3) is 0.692. The first-order valence-corrected chi connectivity index (χ1v) is 6.12. The lowest BCUT2D eigenvalue weighted by Crippen LogP contribution is -2.55. The summed E-state index contributed by atoms with van der Waals surface area (Å²) in [6.07, 6.45) is 6.30. The first kappa shape index (κ1) is 12.6. The molecule has 17 heavy (non-hydrogen) atoms. The van der Waals surface area contributed by atoms with Crippen molar-refractivity contribution < 1.29 is 13.9 Å². The van der Waals surface area contributed by atoms with Gasteiger partial charge in [-0.2, -0.15) is 0 Å². The largest absolute Gasteiger partial charge is 0.472 e. The van der Waals surface area contributed by atoms with Crippen LogP contribution in [0.2, 0.25) is 0 Å². The summed E-state index contributed by atoms with van der Waals surface area (Å²) in [6.45, 7) is 1.55. The van der Waals surface area contributed by atoms with E-state index < -0.39 is 0 Å². The summed E-state index contributed by atoms with van der Waals surface area (Å²) < 4.78 is 16.4. The van der Waals surface area contributed by atoms with Gasteiger partial charge in [0.25, 0.3) is 0 Å². The predicted molar refractivity (Wildman–Crippen MR) is 65.1 cm³/mol. The van der Waals surface area contributed by atoms with Crippen LogP contribution in [0.3, 0.4) is 0 Å². The average Bonchev–Trinajstić information content (AvgIpc) is 2.89. The first-order valence-electron chi connectivity index (χ1n) is 6.12. The zero-order valence-corrected chi connectivity index (χ0v) is 10.6. The number of hydrogen-bond donors (Lipinski definition) is 1. The Morgan fingerprint density at radius 2 is 2.24 bits per heavy atom. The Bertz CT molecular complexity index is 317. The molecule has 0 aliphatic carbocycles. The molecule has 1 saturated heterocycles. The van der Waals surface area contributed by atoms with Crippen LogP contribution in [0.1, 0.15) is 18.4 Å². The molecule has 0 amide bonds. The number of hydrogen-bond acceptors (Lipinski definition) is 4. The Labute approximate surface area is 102 Å². The topological polar surface area (TPSA) is 43.6 Å². The second-order valence-corrected chi connectivity index (χ2v) is 4.56. The molecule has 1 N–H and O–H groups in total. The third kappa shape index (κ3) is 2.70. The van der Waals surface area contributed by atoms with Gasteiger partial charge < -0.3 is 19.2 Å². The van der Waals surface area contributed by atoms with Gasteiger partial charge >= 0.3 is 0 Å². The van der Waals surface area contributed by atoms with Crippen LogP contribution in [0.5, 0.6) is 0 Å². The molecule has 2 heterocycles. The van der Waals surface area contributed by atoms with Crippen LogP contribution in [0.4, 0.5) is 0 Å². The number of furan rings is 1. The fourth-order valence-corrected chi connectivity index (χ4v) is 2.61. The molecule has 1 aromatic heterocycles. The van der Waals surface area contributed by atoms with Gasteiger partial charge in [-0.1, -0.05) is 0 Å². The lowest BCUT2D eigenvalue weighted by molar-refractivity contribution is -0.109. The highest BCUT2D eigenvalue weighted by atomic mass is 16.5. The maximum atomic E-state index is 5.81. The molecule has 2 rings (SSSR count). The number of nitrogens with one attached hydrogen (secondary N) is 1. The molecule has 0 bridgehead atoms. The van der Waals surface area contributed by atoms with Crippen molar-refractivity contribution in [1.82, 2.24) is 5.32 Å². The summed E-state index contributed by atoms with van der Waals surface area (Å²) >= 11 is 0. The van der Waals surface area contributed by atoms with E-state index in [9.17, 15) is 0 Å². The molecule has 0 radical (unpaired) electrons. The summed E-state index contributed by atoms with van der Waals surface area (Å²) in [6, 6.07) is 2.29. The molecular formula is C13H21NO3. The van der Waals surface area contributed by atoms with Gasteiger partial charge in [0.05, 0.1) is 18.1 Å². The monoisotopic (exact) mass is 239 g/mol. The zero-order chi connectivity index (χ0) is 12.1. The lowest BCUT2D eigenvalue weighted by Gasteiger charge is -2.42. The van der Waals surface area contributed by atoms with Crippen molar-refractivity contribution in [2.24, 2.45) is 0 Å². The van der Waals surface area contributed by atoms with Gasteiger partial charge in [0, 0.05) is 39.2 Å². The van der Waals surface area contributed by atoms with Crippen LogP contribution in [-0.4, -0.2) is 39.0 Å². The molecule has 1 fully saturated rings. The number of rotatable bonds is 5. The van der Waals surface area contributed by atoms with Gasteiger partial charge in [0.2, 0.25) is 0 Å². The van der Waals surface area contributed by atoms with Gasteiger partial charge in [-0.25, -0.2) is 0 Å². The minimum Gasteiger partial charge on any atom is -0.472 e. The van der Waals surface area contributed by atoms with E-state index in [1.54, 1.807) is 19.6 Å². The van der Waals surface area contributed by atoms with Gasteiger partial charge in [-0.15, -0.1) is 0 Å².